The van der Waals surface area contributed by atoms with E-state index in [0.717, 1.165) is 30.6 Å². The third-order valence-corrected chi connectivity index (χ3v) is 3.72. The number of aryl methyl sites for hydroxylation is 1. The number of carbonyl (C=O) groups excluding carboxylic acids is 2. The van der Waals surface area contributed by atoms with Crippen molar-refractivity contribution in [1.29, 1.82) is 0 Å². The number of amides is 2. The molecule has 1 aromatic heterocycles. The van der Waals surface area contributed by atoms with Gasteiger partial charge in [-0.15, -0.1) is 0 Å². The molecule has 18 heavy (non-hydrogen) atoms. The smallest absolute Gasteiger partial charge is 0.250 e. The van der Waals surface area contributed by atoms with Crippen molar-refractivity contribution in [2.24, 2.45) is 0 Å². The van der Waals surface area contributed by atoms with Gasteiger partial charge in [-0.1, -0.05) is 0 Å². The molecule has 2 aliphatic rings. The van der Waals surface area contributed by atoms with Crippen LogP contribution in [0.4, 0.5) is 5.69 Å². The van der Waals surface area contributed by atoms with E-state index in [4.69, 9.17) is 0 Å². The van der Waals surface area contributed by atoms with Gasteiger partial charge in [0, 0.05) is 12.7 Å². The van der Waals surface area contributed by atoms with Crippen LogP contribution in [0.5, 0.6) is 0 Å². The van der Waals surface area contributed by atoms with Crippen molar-refractivity contribution in [3.8, 4) is 0 Å². The van der Waals surface area contributed by atoms with Crippen molar-refractivity contribution in [1.82, 2.24) is 9.88 Å². The summed E-state index contributed by atoms with van der Waals surface area (Å²) >= 11 is 0. The number of nitrogens with zero attached hydrogens (tertiary/aromatic N) is 3. The lowest BCUT2D eigenvalue weighted by atomic mass is 10.1. The summed E-state index contributed by atoms with van der Waals surface area (Å²) in [5, 5.41) is 0. The second-order valence-corrected chi connectivity index (χ2v) is 4.83. The summed E-state index contributed by atoms with van der Waals surface area (Å²) in [6.45, 7) is 2.78. The van der Waals surface area contributed by atoms with Gasteiger partial charge in [-0.3, -0.25) is 19.5 Å². The van der Waals surface area contributed by atoms with E-state index in [0.29, 0.717) is 0 Å². The van der Waals surface area contributed by atoms with E-state index < -0.39 is 0 Å². The Morgan fingerprint density at radius 2 is 2.22 bits per heavy atom. The first-order valence-corrected chi connectivity index (χ1v) is 6.20. The molecule has 0 aromatic carbocycles. The van der Waals surface area contributed by atoms with Gasteiger partial charge >= 0.3 is 0 Å². The van der Waals surface area contributed by atoms with Gasteiger partial charge in [0.1, 0.15) is 12.6 Å². The molecule has 2 saturated heterocycles. The van der Waals surface area contributed by atoms with Crippen molar-refractivity contribution >= 4 is 17.5 Å². The topological polar surface area (TPSA) is 53.5 Å². The molecule has 2 aliphatic heterocycles. The summed E-state index contributed by atoms with van der Waals surface area (Å²) in [5.74, 6) is 0.0727. The number of rotatable bonds is 1. The van der Waals surface area contributed by atoms with Gasteiger partial charge in [-0.25, -0.2) is 0 Å². The molecule has 0 saturated carbocycles. The number of hydrogen-bond donors (Lipinski definition) is 0. The lowest BCUT2D eigenvalue weighted by Crippen LogP contribution is -2.57. The fourth-order valence-corrected chi connectivity index (χ4v) is 2.75. The molecule has 3 rings (SSSR count). The summed E-state index contributed by atoms with van der Waals surface area (Å²) in [6, 6.07) is 1.60. The molecule has 0 N–H and O–H groups in total. The Kier molecular flexibility index (Phi) is 2.54. The zero-order chi connectivity index (χ0) is 12.7. The Labute approximate surface area is 105 Å². The van der Waals surface area contributed by atoms with Crippen LogP contribution < -0.4 is 4.90 Å². The van der Waals surface area contributed by atoms with Crippen LogP contribution in [0, 0.1) is 6.92 Å². The fourth-order valence-electron chi connectivity index (χ4n) is 2.75. The third kappa shape index (κ3) is 1.58. The SMILES string of the molecule is Cc1ccncc1N1CC(=O)N2CCCC2C1=O. The molecule has 3 heterocycles. The number of hydrogen-bond acceptors (Lipinski definition) is 3. The predicted molar refractivity (Wildman–Crippen MR) is 66.1 cm³/mol. The molecule has 1 unspecified atom stereocenters. The monoisotopic (exact) mass is 245 g/mol. The van der Waals surface area contributed by atoms with Crippen molar-refractivity contribution in [2.45, 2.75) is 25.8 Å². The highest BCUT2D eigenvalue weighted by Crippen LogP contribution is 2.28. The minimum Gasteiger partial charge on any atom is -0.329 e. The summed E-state index contributed by atoms with van der Waals surface area (Å²) < 4.78 is 0. The molecule has 94 valence electrons. The van der Waals surface area contributed by atoms with E-state index in [1.165, 1.54) is 0 Å². The van der Waals surface area contributed by atoms with Crippen LogP contribution in [-0.4, -0.2) is 40.8 Å². The highest BCUT2D eigenvalue weighted by Gasteiger charge is 2.42. The largest absolute Gasteiger partial charge is 0.329 e. The molecule has 1 aromatic rings. The highest BCUT2D eigenvalue weighted by molar-refractivity contribution is 6.07. The third-order valence-electron chi connectivity index (χ3n) is 3.72. The zero-order valence-corrected chi connectivity index (χ0v) is 10.3. The second kappa shape index (κ2) is 4.08. The van der Waals surface area contributed by atoms with Gasteiger partial charge in [0.05, 0.1) is 11.9 Å². The molecule has 0 radical (unpaired) electrons. The van der Waals surface area contributed by atoms with Crippen LogP contribution in [0.3, 0.4) is 0 Å². The van der Waals surface area contributed by atoms with E-state index >= 15 is 0 Å². The van der Waals surface area contributed by atoms with Crippen LogP contribution >= 0.6 is 0 Å². The summed E-state index contributed by atoms with van der Waals surface area (Å²) in [5.41, 5.74) is 1.72. The molecule has 1 atom stereocenters. The molecule has 5 heteroatoms. The van der Waals surface area contributed by atoms with E-state index in [2.05, 4.69) is 4.98 Å². The standard InChI is InChI=1S/C13H15N3O2/c1-9-4-5-14-7-11(9)16-8-12(17)15-6-2-3-10(15)13(16)18/h4-5,7,10H,2-3,6,8H2,1H3. The molecule has 0 bridgehead atoms. The van der Waals surface area contributed by atoms with Crippen molar-refractivity contribution in [3.63, 3.8) is 0 Å². The Morgan fingerprint density at radius 3 is 3.00 bits per heavy atom. The lowest BCUT2D eigenvalue weighted by molar-refractivity contribution is -0.140. The molecular weight excluding hydrogens is 230 g/mol. The summed E-state index contributed by atoms with van der Waals surface area (Å²) in [7, 11) is 0. The van der Waals surface area contributed by atoms with Gasteiger partial charge in [0.15, 0.2) is 0 Å². The van der Waals surface area contributed by atoms with E-state index in [1.54, 1.807) is 22.2 Å². The first-order valence-electron chi connectivity index (χ1n) is 6.20. The Hall–Kier alpha value is -1.91. The van der Waals surface area contributed by atoms with E-state index in [1.807, 2.05) is 13.0 Å². The number of fused-ring (bicyclic) bond motifs is 1. The number of piperazine rings is 1. The Morgan fingerprint density at radius 1 is 1.39 bits per heavy atom. The normalized spacial score (nSPS) is 23.5. The minimum absolute atomic E-state index is 0.0307. The van der Waals surface area contributed by atoms with Gasteiger partial charge in [0.25, 0.3) is 0 Å². The van der Waals surface area contributed by atoms with Gasteiger partial charge in [-0.2, -0.15) is 0 Å². The molecule has 2 amide bonds. The number of pyridine rings is 1. The maximum atomic E-state index is 12.4. The van der Waals surface area contributed by atoms with Crippen LogP contribution in [0.25, 0.3) is 0 Å². The van der Waals surface area contributed by atoms with Crippen LogP contribution in [0.1, 0.15) is 18.4 Å². The van der Waals surface area contributed by atoms with Crippen molar-refractivity contribution in [3.05, 3.63) is 24.0 Å². The lowest BCUT2D eigenvalue weighted by Gasteiger charge is -2.36. The van der Waals surface area contributed by atoms with Crippen LogP contribution in [0.2, 0.25) is 0 Å². The maximum absolute atomic E-state index is 12.4. The van der Waals surface area contributed by atoms with Gasteiger partial charge in [0.2, 0.25) is 11.8 Å². The molecular formula is C13H15N3O2. The number of carbonyl (C=O) groups is 2. The average Bonchev–Trinajstić information content (AvgIpc) is 2.85. The first kappa shape index (κ1) is 11.2. The molecule has 5 nitrogen and oxygen atoms in total. The fraction of sp³-hybridized carbons (Fsp3) is 0.462. The maximum Gasteiger partial charge on any atom is 0.250 e. The molecule has 2 fully saturated rings. The molecule has 0 aliphatic carbocycles. The van der Waals surface area contributed by atoms with E-state index in [9.17, 15) is 9.59 Å². The van der Waals surface area contributed by atoms with Gasteiger partial charge in [-0.05, 0) is 31.4 Å². The highest BCUT2D eigenvalue weighted by atomic mass is 16.2. The van der Waals surface area contributed by atoms with Crippen LogP contribution in [-0.2, 0) is 9.59 Å². The number of aromatic nitrogens is 1. The van der Waals surface area contributed by atoms with Crippen molar-refractivity contribution < 1.29 is 9.59 Å². The summed E-state index contributed by atoms with van der Waals surface area (Å²) in [6.07, 6.45) is 5.05. The van der Waals surface area contributed by atoms with E-state index in [-0.39, 0.29) is 24.4 Å². The first-order chi connectivity index (χ1) is 8.68. The van der Waals surface area contributed by atoms with Gasteiger partial charge < -0.3 is 4.90 Å². The second-order valence-electron chi connectivity index (χ2n) is 4.83. The van der Waals surface area contributed by atoms with Crippen molar-refractivity contribution in [2.75, 3.05) is 18.0 Å². The predicted octanol–water partition coefficient (Wildman–Crippen LogP) is 0.728. The summed E-state index contributed by atoms with van der Waals surface area (Å²) in [4.78, 5) is 31.8. The Balaban J connectivity index is 1.96. The molecule has 0 spiro atoms. The average molecular weight is 245 g/mol. The van der Waals surface area contributed by atoms with Crippen LogP contribution in [0.15, 0.2) is 18.5 Å². The quantitative estimate of drug-likeness (QED) is 0.733. The Bertz CT molecular complexity index is 515. The minimum atomic E-state index is -0.258. The zero-order valence-electron chi connectivity index (χ0n) is 10.3. The number of anilines is 1.